The molecule has 0 aliphatic heterocycles. The molecule has 1 aromatic carbocycles. The molecular weight excluding hydrogens is 284 g/mol. The fourth-order valence-corrected chi connectivity index (χ4v) is 2.44. The smallest absolute Gasteiger partial charge is 0.229 e. The average Bonchev–Trinajstić information content (AvgIpc) is 2.46. The van der Waals surface area contributed by atoms with E-state index in [2.05, 4.69) is 66.5 Å². The highest BCUT2D eigenvalue weighted by molar-refractivity contribution is 5.60. The topological polar surface area (TPSA) is 49.8 Å². The van der Waals surface area contributed by atoms with Crippen molar-refractivity contribution >= 4 is 17.5 Å². The predicted molar refractivity (Wildman–Crippen MR) is 98.5 cm³/mol. The zero-order chi connectivity index (χ0) is 16.8. The van der Waals surface area contributed by atoms with E-state index in [1.54, 1.807) is 0 Å². The van der Waals surface area contributed by atoms with Crippen LogP contribution in [-0.4, -0.2) is 16.5 Å². The van der Waals surface area contributed by atoms with E-state index in [4.69, 9.17) is 0 Å². The lowest BCUT2D eigenvalue weighted by Gasteiger charge is -2.15. The lowest BCUT2D eigenvalue weighted by molar-refractivity contribution is 0.606. The molecule has 0 unspecified atom stereocenters. The molecule has 0 saturated heterocycles. The molecule has 2 rings (SSSR count). The van der Waals surface area contributed by atoms with Gasteiger partial charge in [0.1, 0.15) is 5.82 Å². The van der Waals surface area contributed by atoms with E-state index < -0.39 is 0 Å². The first-order valence-corrected chi connectivity index (χ1v) is 8.41. The Labute approximate surface area is 139 Å². The number of rotatable bonds is 7. The number of para-hydroxylation sites is 1. The second-order valence-electron chi connectivity index (χ2n) is 6.69. The lowest BCUT2D eigenvalue weighted by atomic mass is 10.0. The van der Waals surface area contributed by atoms with Crippen LogP contribution in [0, 0.1) is 12.8 Å². The molecule has 0 bridgehead atoms. The van der Waals surface area contributed by atoms with Gasteiger partial charge in [0.15, 0.2) is 0 Å². The molecule has 23 heavy (non-hydrogen) atoms. The second-order valence-corrected chi connectivity index (χ2v) is 6.69. The van der Waals surface area contributed by atoms with Gasteiger partial charge in [-0.05, 0) is 36.8 Å². The van der Waals surface area contributed by atoms with Crippen LogP contribution >= 0.6 is 0 Å². The van der Waals surface area contributed by atoms with Gasteiger partial charge >= 0.3 is 0 Å². The highest BCUT2D eigenvalue weighted by Crippen LogP contribution is 2.26. The maximum atomic E-state index is 4.59. The largest absolute Gasteiger partial charge is 0.370 e. The summed E-state index contributed by atoms with van der Waals surface area (Å²) in [6.07, 6.45) is 1.13. The van der Waals surface area contributed by atoms with Crippen molar-refractivity contribution in [2.75, 3.05) is 17.2 Å². The van der Waals surface area contributed by atoms with Gasteiger partial charge in [0.2, 0.25) is 5.95 Å². The minimum atomic E-state index is 0.451. The summed E-state index contributed by atoms with van der Waals surface area (Å²) in [7, 11) is 0. The van der Waals surface area contributed by atoms with Gasteiger partial charge in [-0.2, -0.15) is 4.98 Å². The lowest BCUT2D eigenvalue weighted by Crippen LogP contribution is -2.09. The Morgan fingerprint density at radius 3 is 2.48 bits per heavy atom. The average molecular weight is 312 g/mol. The Bertz CT molecular complexity index is 635. The summed E-state index contributed by atoms with van der Waals surface area (Å²) in [6, 6.07) is 10.3. The summed E-state index contributed by atoms with van der Waals surface area (Å²) in [4.78, 5) is 9.10. The SMILES string of the molecule is Cc1cc(NCCC(C)C)nc(Nc2ccccc2C(C)C)n1. The molecule has 1 heterocycles. The van der Waals surface area contributed by atoms with E-state index in [9.17, 15) is 0 Å². The van der Waals surface area contributed by atoms with Crippen LogP contribution in [0.15, 0.2) is 30.3 Å². The highest BCUT2D eigenvalue weighted by atomic mass is 15.1. The predicted octanol–water partition coefficient (Wildman–Crippen LogP) is 5.11. The normalized spacial score (nSPS) is 11.1. The van der Waals surface area contributed by atoms with Gasteiger partial charge in [0.25, 0.3) is 0 Å². The van der Waals surface area contributed by atoms with Crippen molar-refractivity contribution in [2.24, 2.45) is 5.92 Å². The Morgan fingerprint density at radius 2 is 1.78 bits per heavy atom. The fraction of sp³-hybridized carbons (Fsp3) is 0.474. The van der Waals surface area contributed by atoms with Crippen molar-refractivity contribution in [1.29, 1.82) is 0 Å². The van der Waals surface area contributed by atoms with Crippen molar-refractivity contribution in [3.63, 3.8) is 0 Å². The minimum absolute atomic E-state index is 0.451. The number of benzene rings is 1. The van der Waals surface area contributed by atoms with Crippen LogP contribution in [0.5, 0.6) is 0 Å². The number of anilines is 3. The van der Waals surface area contributed by atoms with Crippen LogP contribution in [0.1, 0.15) is 51.3 Å². The number of nitrogens with one attached hydrogen (secondary N) is 2. The molecule has 0 spiro atoms. The molecule has 0 atom stereocenters. The second kappa shape index (κ2) is 7.95. The summed E-state index contributed by atoms with van der Waals surface area (Å²) in [6.45, 7) is 11.8. The van der Waals surface area contributed by atoms with Crippen LogP contribution < -0.4 is 10.6 Å². The van der Waals surface area contributed by atoms with Gasteiger partial charge in [-0.15, -0.1) is 0 Å². The third-order valence-corrected chi connectivity index (χ3v) is 3.71. The maximum absolute atomic E-state index is 4.59. The van der Waals surface area contributed by atoms with Crippen molar-refractivity contribution in [2.45, 2.75) is 47.0 Å². The molecule has 0 radical (unpaired) electrons. The number of aryl methyl sites for hydroxylation is 1. The molecule has 0 aliphatic rings. The zero-order valence-corrected chi connectivity index (χ0v) is 14.9. The van der Waals surface area contributed by atoms with Crippen LogP contribution in [0.25, 0.3) is 0 Å². The Kier molecular flexibility index (Phi) is 5.97. The summed E-state index contributed by atoms with van der Waals surface area (Å²) < 4.78 is 0. The van der Waals surface area contributed by atoms with Crippen molar-refractivity contribution in [1.82, 2.24) is 9.97 Å². The molecule has 1 aromatic heterocycles. The molecular formula is C19H28N4. The summed E-state index contributed by atoms with van der Waals surface area (Å²) in [5.74, 6) is 2.65. The summed E-state index contributed by atoms with van der Waals surface area (Å²) >= 11 is 0. The molecule has 0 amide bonds. The number of hydrogen-bond acceptors (Lipinski definition) is 4. The van der Waals surface area contributed by atoms with Crippen molar-refractivity contribution in [3.05, 3.63) is 41.6 Å². The van der Waals surface area contributed by atoms with E-state index in [-0.39, 0.29) is 0 Å². The number of aromatic nitrogens is 2. The quantitative estimate of drug-likeness (QED) is 0.746. The summed E-state index contributed by atoms with van der Waals surface area (Å²) in [5.41, 5.74) is 3.30. The van der Waals surface area contributed by atoms with Gasteiger partial charge in [0.05, 0.1) is 0 Å². The molecule has 4 nitrogen and oxygen atoms in total. The Balaban J connectivity index is 2.15. The van der Waals surface area contributed by atoms with Gasteiger partial charge in [0, 0.05) is 24.0 Å². The fourth-order valence-electron chi connectivity index (χ4n) is 2.44. The van der Waals surface area contributed by atoms with E-state index >= 15 is 0 Å². The standard InChI is InChI=1S/C19H28N4/c1-13(2)10-11-20-18-12-15(5)21-19(23-18)22-17-9-7-6-8-16(17)14(3)4/h6-9,12-14H,10-11H2,1-5H3,(H2,20,21,22,23). The summed E-state index contributed by atoms with van der Waals surface area (Å²) in [5, 5.41) is 6.76. The Morgan fingerprint density at radius 1 is 1.04 bits per heavy atom. The number of hydrogen-bond donors (Lipinski definition) is 2. The maximum Gasteiger partial charge on any atom is 0.229 e. The van der Waals surface area contributed by atoms with Gasteiger partial charge < -0.3 is 10.6 Å². The molecule has 0 aliphatic carbocycles. The zero-order valence-electron chi connectivity index (χ0n) is 14.9. The van der Waals surface area contributed by atoms with Crippen molar-refractivity contribution < 1.29 is 0 Å². The minimum Gasteiger partial charge on any atom is -0.370 e. The van der Waals surface area contributed by atoms with E-state index in [0.29, 0.717) is 17.8 Å². The molecule has 4 heteroatoms. The molecule has 2 aromatic rings. The first kappa shape index (κ1) is 17.3. The van der Waals surface area contributed by atoms with E-state index in [1.807, 2.05) is 19.1 Å². The Hall–Kier alpha value is -2.10. The van der Waals surface area contributed by atoms with Crippen LogP contribution in [0.3, 0.4) is 0 Å². The van der Waals surface area contributed by atoms with Gasteiger partial charge in [-0.1, -0.05) is 45.9 Å². The van der Waals surface area contributed by atoms with E-state index in [0.717, 1.165) is 30.2 Å². The van der Waals surface area contributed by atoms with E-state index in [1.165, 1.54) is 5.56 Å². The van der Waals surface area contributed by atoms with Crippen LogP contribution in [0.2, 0.25) is 0 Å². The van der Waals surface area contributed by atoms with Crippen LogP contribution in [0.4, 0.5) is 17.5 Å². The van der Waals surface area contributed by atoms with Gasteiger partial charge in [-0.3, -0.25) is 0 Å². The van der Waals surface area contributed by atoms with Gasteiger partial charge in [-0.25, -0.2) is 4.98 Å². The van der Waals surface area contributed by atoms with Crippen molar-refractivity contribution in [3.8, 4) is 0 Å². The first-order valence-electron chi connectivity index (χ1n) is 8.41. The molecule has 0 fully saturated rings. The monoisotopic (exact) mass is 312 g/mol. The number of nitrogens with zero attached hydrogens (tertiary/aromatic N) is 2. The van der Waals surface area contributed by atoms with Crippen LogP contribution in [-0.2, 0) is 0 Å². The first-order chi connectivity index (χ1) is 11.0. The third kappa shape index (κ3) is 5.23. The molecule has 0 saturated carbocycles. The third-order valence-electron chi connectivity index (χ3n) is 3.71. The molecule has 124 valence electrons. The molecule has 2 N–H and O–H groups in total. The highest BCUT2D eigenvalue weighted by Gasteiger charge is 2.08.